The number of hydrogen-bond donors (Lipinski definition) is 2. The van der Waals surface area contributed by atoms with Crippen LogP contribution in [-0.2, 0) is 9.53 Å². The highest BCUT2D eigenvalue weighted by molar-refractivity contribution is 5.69. The van der Waals surface area contributed by atoms with Crippen LogP contribution in [-0.4, -0.2) is 35.4 Å². The maximum absolute atomic E-state index is 11.7. The van der Waals surface area contributed by atoms with Gasteiger partial charge >= 0.3 is 5.97 Å². The van der Waals surface area contributed by atoms with E-state index in [1.165, 1.54) is 19.3 Å². The van der Waals surface area contributed by atoms with Crippen LogP contribution >= 0.6 is 0 Å². The van der Waals surface area contributed by atoms with Crippen LogP contribution in [0.2, 0.25) is 0 Å². The first kappa shape index (κ1) is 17.4. The molecule has 0 aliphatic rings. The molecule has 0 radical (unpaired) electrons. The molecule has 0 saturated heterocycles. The Morgan fingerprint density at radius 3 is 2.00 bits per heavy atom. The smallest absolute Gasteiger partial charge is 0.305 e. The summed E-state index contributed by atoms with van der Waals surface area (Å²) in [5.74, 6) is -1.03. The SMILES string of the molecule is [2H]C([2H])(O)C([2H])(O)C([2H])([2H])OC(=O)CCC/C=C\C/C=C\C/C=C\C/C=C\CCCCC. The molecule has 0 aromatic rings. The maximum atomic E-state index is 11.7. The Labute approximate surface area is 172 Å². The Morgan fingerprint density at radius 2 is 1.48 bits per heavy atom. The fourth-order valence-electron chi connectivity index (χ4n) is 2.10. The van der Waals surface area contributed by atoms with Crippen molar-refractivity contribution in [1.29, 1.82) is 0 Å². The van der Waals surface area contributed by atoms with Crippen LogP contribution in [0.3, 0.4) is 0 Å². The number of unbranched alkanes of at least 4 members (excludes halogenated alkanes) is 4. The van der Waals surface area contributed by atoms with Crippen molar-refractivity contribution in [2.75, 3.05) is 13.1 Å². The van der Waals surface area contributed by atoms with Crippen molar-refractivity contribution in [2.24, 2.45) is 0 Å². The minimum absolute atomic E-state index is 0.165. The largest absolute Gasteiger partial charge is 0.463 e. The number of aliphatic hydroxyl groups is 2. The number of carbonyl (C=O) groups excluding carboxylic acids is 1. The molecule has 0 fully saturated rings. The van der Waals surface area contributed by atoms with E-state index in [2.05, 4.69) is 42.0 Å². The van der Waals surface area contributed by atoms with Crippen molar-refractivity contribution in [1.82, 2.24) is 0 Å². The van der Waals surface area contributed by atoms with Gasteiger partial charge in [-0.2, -0.15) is 0 Å². The predicted molar refractivity (Wildman–Crippen MR) is 112 cm³/mol. The first-order valence-electron chi connectivity index (χ1n) is 12.2. The second kappa shape index (κ2) is 20.7. The van der Waals surface area contributed by atoms with Gasteiger partial charge in [0, 0.05) is 6.42 Å². The third-order valence-corrected chi connectivity index (χ3v) is 3.58. The monoisotopic (exact) mass is 383 g/mol. The quantitative estimate of drug-likeness (QED) is 0.210. The molecule has 0 amide bonds. The number of allylic oxidation sites excluding steroid dienone is 8. The van der Waals surface area contributed by atoms with Gasteiger partial charge in [0.05, 0.1) is 13.4 Å². The highest BCUT2D eigenvalue weighted by Crippen LogP contribution is 2.02. The summed E-state index contributed by atoms with van der Waals surface area (Å²) < 4.78 is 40.2. The van der Waals surface area contributed by atoms with Crippen molar-refractivity contribution in [3.8, 4) is 0 Å². The molecule has 0 aliphatic heterocycles. The van der Waals surface area contributed by atoms with Gasteiger partial charge in [-0.1, -0.05) is 68.4 Å². The molecule has 154 valence electrons. The molecule has 0 saturated carbocycles. The molecule has 27 heavy (non-hydrogen) atoms. The molecular formula is C23H38O4. The van der Waals surface area contributed by atoms with Crippen LogP contribution in [0, 0.1) is 0 Å². The molecular weight excluding hydrogens is 340 g/mol. The lowest BCUT2D eigenvalue weighted by Gasteiger charge is -2.07. The van der Waals surface area contributed by atoms with Gasteiger partial charge in [0.15, 0.2) is 0 Å². The highest BCUT2D eigenvalue weighted by Gasteiger charge is 2.06. The van der Waals surface area contributed by atoms with Gasteiger partial charge in [0.2, 0.25) is 0 Å². The summed E-state index contributed by atoms with van der Waals surface area (Å²) in [5, 5.41) is 18.6. The van der Waals surface area contributed by atoms with Crippen LogP contribution in [0.25, 0.3) is 0 Å². The number of carbonyl (C=O) groups is 1. The average molecular weight is 384 g/mol. The fraction of sp³-hybridized carbons (Fsp3) is 0.609. The molecule has 2 N–H and O–H groups in total. The van der Waals surface area contributed by atoms with E-state index in [1.807, 2.05) is 18.2 Å². The molecule has 4 nitrogen and oxygen atoms in total. The normalized spacial score (nSPS) is 18.4. The van der Waals surface area contributed by atoms with Crippen molar-refractivity contribution in [3.05, 3.63) is 48.6 Å². The van der Waals surface area contributed by atoms with Crippen LogP contribution in [0.1, 0.15) is 78.0 Å². The Kier molecular flexibility index (Phi) is 13.4. The van der Waals surface area contributed by atoms with E-state index in [4.69, 9.17) is 12.0 Å². The van der Waals surface area contributed by atoms with Gasteiger partial charge in [0.25, 0.3) is 0 Å². The van der Waals surface area contributed by atoms with Crippen LogP contribution in [0.4, 0.5) is 0 Å². The Morgan fingerprint density at radius 1 is 0.963 bits per heavy atom. The van der Waals surface area contributed by atoms with Crippen LogP contribution in [0.15, 0.2) is 48.6 Å². The molecule has 0 aromatic heterocycles. The third-order valence-electron chi connectivity index (χ3n) is 3.58. The van der Waals surface area contributed by atoms with Gasteiger partial charge in [0.1, 0.15) is 12.6 Å². The summed E-state index contributed by atoms with van der Waals surface area (Å²) in [4.78, 5) is 11.7. The summed E-state index contributed by atoms with van der Waals surface area (Å²) in [6.45, 7) is -4.80. The number of hydrogen-bond acceptors (Lipinski definition) is 4. The zero-order valence-electron chi connectivity index (χ0n) is 21.4. The maximum Gasteiger partial charge on any atom is 0.305 e. The molecule has 0 heterocycles. The molecule has 0 bridgehead atoms. The van der Waals surface area contributed by atoms with Crippen LogP contribution in [0.5, 0.6) is 0 Å². The lowest BCUT2D eigenvalue weighted by atomic mass is 10.2. The molecule has 0 aliphatic carbocycles. The van der Waals surface area contributed by atoms with Crippen molar-refractivity contribution < 1.29 is 26.6 Å². The van der Waals surface area contributed by atoms with E-state index in [0.29, 0.717) is 12.8 Å². The fourth-order valence-corrected chi connectivity index (χ4v) is 2.10. The minimum Gasteiger partial charge on any atom is -0.463 e. The standard InChI is InChI=1S/C23H38O4/c1-2-3-4-5-6-7-8-9-10-11-12-13-14-15-16-17-18-19-23(26)27-21-22(25)20-24/h6-7,9-10,12-13,15-16,22,24-25H,2-5,8,11,14,17-21H2,1H3/b7-6-,10-9-,13-12-,16-15-/i20D2,21D2,22D. The van der Waals surface area contributed by atoms with E-state index in [-0.39, 0.29) is 6.42 Å². The van der Waals surface area contributed by atoms with E-state index >= 15 is 0 Å². The van der Waals surface area contributed by atoms with Crippen LogP contribution < -0.4 is 0 Å². The zero-order chi connectivity index (χ0) is 24.5. The third kappa shape index (κ3) is 20.5. The summed E-state index contributed by atoms with van der Waals surface area (Å²) in [6, 6.07) is 0. The molecule has 1 atom stereocenters. The van der Waals surface area contributed by atoms with Gasteiger partial charge in [-0.05, 0) is 44.9 Å². The summed E-state index contributed by atoms with van der Waals surface area (Å²) >= 11 is 0. The summed E-state index contributed by atoms with van der Waals surface area (Å²) in [7, 11) is 0. The second-order valence-corrected chi connectivity index (χ2v) is 6.02. The average Bonchev–Trinajstić information content (AvgIpc) is 2.69. The molecule has 0 rings (SSSR count). The van der Waals surface area contributed by atoms with Crippen molar-refractivity contribution >= 4 is 5.97 Å². The molecule has 0 aromatic carbocycles. The van der Waals surface area contributed by atoms with Crippen molar-refractivity contribution in [3.63, 3.8) is 0 Å². The van der Waals surface area contributed by atoms with Gasteiger partial charge in [-0.3, -0.25) is 4.79 Å². The highest BCUT2D eigenvalue weighted by atomic mass is 16.5. The number of esters is 1. The molecule has 4 heteroatoms. The van der Waals surface area contributed by atoms with E-state index in [0.717, 1.165) is 25.7 Å². The molecule has 1 unspecified atom stereocenters. The van der Waals surface area contributed by atoms with Gasteiger partial charge < -0.3 is 14.9 Å². The summed E-state index contributed by atoms with van der Waals surface area (Å²) in [6.07, 6.45) is 21.3. The molecule has 0 spiro atoms. The van der Waals surface area contributed by atoms with Gasteiger partial charge in [-0.15, -0.1) is 0 Å². The number of rotatable bonds is 17. The second-order valence-electron chi connectivity index (χ2n) is 6.02. The Hall–Kier alpha value is -1.65. The topological polar surface area (TPSA) is 66.8 Å². The zero-order valence-corrected chi connectivity index (χ0v) is 16.4. The Bertz CT molecular complexity index is 635. The van der Waals surface area contributed by atoms with E-state index in [1.54, 1.807) is 0 Å². The lowest BCUT2D eigenvalue weighted by molar-refractivity contribution is -0.147. The predicted octanol–water partition coefficient (Wildman–Crippen LogP) is 5.03. The lowest BCUT2D eigenvalue weighted by Crippen LogP contribution is -2.21. The van der Waals surface area contributed by atoms with Crippen molar-refractivity contribution in [2.45, 2.75) is 77.2 Å². The minimum atomic E-state index is -3.65. The Balaban J connectivity index is 3.94. The summed E-state index contributed by atoms with van der Waals surface area (Å²) in [5.41, 5.74) is 0. The first-order chi connectivity index (χ1) is 15.0. The van der Waals surface area contributed by atoms with E-state index in [9.17, 15) is 9.90 Å². The van der Waals surface area contributed by atoms with E-state index < -0.39 is 25.2 Å². The van der Waals surface area contributed by atoms with Gasteiger partial charge in [-0.25, -0.2) is 0 Å². The number of ether oxygens (including phenoxy) is 1. The first-order valence-corrected chi connectivity index (χ1v) is 9.72.